The Bertz CT molecular complexity index is 425. The highest BCUT2D eigenvalue weighted by Crippen LogP contribution is 2.41. The molecule has 0 aliphatic heterocycles. The number of hydrogen-bond acceptors (Lipinski definition) is 5. The maximum Gasteiger partial charge on any atom is 0.228 e. The minimum atomic E-state index is -0.377. The van der Waals surface area contributed by atoms with Crippen LogP contribution >= 0.6 is 0 Å². The third kappa shape index (κ3) is 3.34. The van der Waals surface area contributed by atoms with E-state index in [1.54, 1.807) is 7.11 Å². The lowest BCUT2D eigenvalue weighted by Gasteiger charge is -2.36. The number of nitrogens with two attached hydrogens (primary N) is 1. The minimum absolute atomic E-state index is 0.343. The van der Waals surface area contributed by atoms with E-state index in [-0.39, 0.29) is 11.1 Å². The van der Waals surface area contributed by atoms with Crippen molar-refractivity contribution in [3.8, 4) is 0 Å². The molecule has 2 atom stereocenters. The van der Waals surface area contributed by atoms with Gasteiger partial charge in [-0.05, 0) is 39.0 Å². The fraction of sp³-hybridized carbons (Fsp3) is 0.857. The monoisotopic (exact) mass is 267 g/mol. The first-order chi connectivity index (χ1) is 8.85. The molecule has 0 amide bonds. The molecule has 1 aromatic rings. The highest BCUT2D eigenvalue weighted by atomic mass is 16.5. The largest absolute Gasteiger partial charge is 0.370 e. The van der Waals surface area contributed by atoms with Crippen molar-refractivity contribution < 1.29 is 9.26 Å². The summed E-state index contributed by atoms with van der Waals surface area (Å²) in [6.07, 6.45) is 4.87. The maximum atomic E-state index is 5.98. The highest BCUT2D eigenvalue weighted by molar-refractivity contribution is 5.05. The van der Waals surface area contributed by atoms with Crippen LogP contribution in [0.1, 0.15) is 58.2 Å². The fourth-order valence-electron chi connectivity index (χ4n) is 2.88. The first-order valence-electron chi connectivity index (χ1n) is 7.02. The highest BCUT2D eigenvalue weighted by Gasteiger charge is 2.41. The van der Waals surface area contributed by atoms with Crippen molar-refractivity contribution in [3.63, 3.8) is 0 Å². The summed E-state index contributed by atoms with van der Waals surface area (Å²) < 4.78 is 11.1. The van der Waals surface area contributed by atoms with Gasteiger partial charge in [-0.25, -0.2) is 0 Å². The van der Waals surface area contributed by atoms with E-state index < -0.39 is 0 Å². The van der Waals surface area contributed by atoms with Crippen LogP contribution in [0, 0.1) is 5.92 Å². The summed E-state index contributed by atoms with van der Waals surface area (Å²) in [5.74, 6) is 1.90. The Morgan fingerprint density at radius 3 is 2.84 bits per heavy atom. The molecule has 0 saturated heterocycles. The van der Waals surface area contributed by atoms with Gasteiger partial charge in [0.05, 0.1) is 0 Å². The van der Waals surface area contributed by atoms with Gasteiger partial charge in [0.25, 0.3) is 0 Å². The topological polar surface area (TPSA) is 74.2 Å². The second kappa shape index (κ2) is 5.21. The molecule has 0 spiro atoms. The van der Waals surface area contributed by atoms with Crippen LogP contribution in [0.5, 0.6) is 0 Å². The molecule has 0 aromatic carbocycles. The molecule has 1 fully saturated rings. The first kappa shape index (κ1) is 14.5. The van der Waals surface area contributed by atoms with E-state index in [1.165, 1.54) is 6.42 Å². The van der Waals surface area contributed by atoms with Gasteiger partial charge < -0.3 is 15.0 Å². The van der Waals surface area contributed by atoms with Gasteiger partial charge in [0.1, 0.15) is 5.60 Å². The van der Waals surface area contributed by atoms with Crippen LogP contribution in [0.4, 0.5) is 0 Å². The summed E-state index contributed by atoms with van der Waals surface area (Å²) in [7, 11) is 1.74. The zero-order valence-electron chi connectivity index (χ0n) is 12.4. The number of aromatic nitrogens is 2. The van der Waals surface area contributed by atoms with Gasteiger partial charge in [-0.1, -0.05) is 18.5 Å². The molecule has 1 saturated carbocycles. The summed E-state index contributed by atoms with van der Waals surface area (Å²) in [6.45, 7) is 6.15. The van der Waals surface area contributed by atoms with Crippen molar-refractivity contribution in [2.24, 2.45) is 11.7 Å². The molecule has 0 bridgehead atoms. The van der Waals surface area contributed by atoms with Gasteiger partial charge >= 0.3 is 0 Å². The molecule has 19 heavy (non-hydrogen) atoms. The quantitative estimate of drug-likeness (QED) is 0.906. The van der Waals surface area contributed by atoms with E-state index in [2.05, 4.69) is 17.1 Å². The predicted molar refractivity (Wildman–Crippen MR) is 72.6 cm³/mol. The van der Waals surface area contributed by atoms with E-state index in [0.29, 0.717) is 24.1 Å². The molecule has 1 aliphatic rings. The molecular formula is C14H25N3O2. The van der Waals surface area contributed by atoms with E-state index in [1.807, 2.05) is 13.8 Å². The van der Waals surface area contributed by atoms with Gasteiger partial charge in [-0.2, -0.15) is 4.98 Å². The van der Waals surface area contributed by atoms with Crippen LogP contribution in [0.15, 0.2) is 4.52 Å². The van der Waals surface area contributed by atoms with Gasteiger partial charge in [0, 0.05) is 19.1 Å². The average molecular weight is 267 g/mol. The van der Waals surface area contributed by atoms with Crippen LogP contribution < -0.4 is 5.73 Å². The zero-order valence-corrected chi connectivity index (χ0v) is 12.4. The lowest BCUT2D eigenvalue weighted by atomic mass is 9.78. The molecule has 2 N–H and O–H groups in total. The van der Waals surface area contributed by atoms with Crippen LogP contribution in [0.25, 0.3) is 0 Å². The van der Waals surface area contributed by atoms with Gasteiger partial charge in [-0.3, -0.25) is 0 Å². The lowest BCUT2D eigenvalue weighted by Crippen LogP contribution is -2.36. The number of hydrogen-bond donors (Lipinski definition) is 1. The summed E-state index contributed by atoms with van der Waals surface area (Å²) in [5, 5.41) is 4.13. The van der Waals surface area contributed by atoms with Gasteiger partial charge in [-0.15, -0.1) is 0 Å². The van der Waals surface area contributed by atoms with Crippen molar-refractivity contribution in [2.45, 2.75) is 64.0 Å². The molecule has 1 aromatic heterocycles. The number of ether oxygens (including phenoxy) is 1. The minimum Gasteiger partial charge on any atom is -0.370 e. The van der Waals surface area contributed by atoms with Crippen molar-refractivity contribution in [2.75, 3.05) is 7.11 Å². The molecule has 5 heteroatoms. The van der Waals surface area contributed by atoms with Crippen LogP contribution in [0.2, 0.25) is 0 Å². The summed E-state index contributed by atoms with van der Waals surface area (Å²) in [6, 6.07) is 0. The van der Waals surface area contributed by atoms with Crippen molar-refractivity contribution in [3.05, 3.63) is 11.7 Å². The van der Waals surface area contributed by atoms with E-state index >= 15 is 0 Å². The second-order valence-corrected chi connectivity index (χ2v) is 6.58. The Balaban J connectivity index is 2.19. The molecule has 1 aliphatic carbocycles. The SMILES string of the molecule is COC1(c2noc(CC(C)(C)N)n2)CCCC(C)C1. The molecule has 1 heterocycles. The van der Waals surface area contributed by atoms with Crippen LogP contribution in [-0.2, 0) is 16.8 Å². The second-order valence-electron chi connectivity index (χ2n) is 6.58. The van der Waals surface area contributed by atoms with E-state index in [4.69, 9.17) is 15.0 Å². The number of nitrogens with zero attached hydrogens (tertiary/aromatic N) is 2. The average Bonchev–Trinajstić information content (AvgIpc) is 2.75. The van der Waals surface area contributed by atoms with E-state index in [9.17, 15) is 0 Å². The Morgan fingerprint density at radius 2 is 2.26 bits per heavy atom. The van der Waals surface area contributed by atoms with Gasteiger partial charge in [0.15, 0.2) is 0 Å². The lowest BCUT2D eigenvalue weighted by molar-refractivity contribution is -0.0658. The van der Waals surface area contributed by atoms with Crippen molar-refractivity contribution in [1.82, 2.24) is 10.1 Å². The predicted octanol–water partition coefficient (Wildman–Crippen LogP) is 2.40. The van der Waals surface area contributed by atoms with E-state index in [0.717, 1.165) is 19.3 Å². The Hall–Kier alpha value is -0.940. The third-order valence-corrected chi connectivity index (χ3v) is 3.83. The Kier molecular flexibility index (Phi) is 3.97. The molecule has 2 rings (SSSR count). The summed E-state index contributed by atoms with van der Waals surface area (Å²) in [4.78, 5) is 4.51. The van der Waals surface area contributed by atoms with Crippen molar-refractivity contribution >= 4 is 0 Å². The maximum absolute atomic E-state index is 5.98. The summed E-state index contributed by atoms with van der Waals surface area (Å²) in [5.41, 5.74) is 5.26. The fourth-order valence-corrected chi connectivity index (χ4v) is 2.88. The smallest absolute Gasteiger partial charge is 0.228 e. The normalized spacial score (nSPS) is 28.6. The number of methoxy groups -OCH3 is 1. The van der Waals surface area contributed by atoms with Crippen LogP contribution in [0.3, 0.4) is 0 Å². The molecule has 0 radical (unpaired) electrons. The summed E-state index contributed by atoms with van der Waals surface area (Å²) >= 11 is 0. The molecule has 2 unspecified atom stereocenters. The number of rotatable bonds is 4. The zero-order chi connectivity index (χ0) is 14.1. The first-order valence-corrected chi connectivity index (χ1v) is 7.02. The van der Waals surface area contributed by atoms with Crippen molar-refractivity contribution in [1.29, 1.82) is 0 Å². The third-order valence-electron chi connectivity index (χ3n) is 3.83. The Labute approximate surface area is 114 Å². The Morgan fingerprint density at radius 1 is 1.53 bits per heavy atom. The molecular weight excluding hydrogens is 242 g/mol. The van der Waals surface area contributed by atoms with Crippen LogP contribution in [-0.4, -0.2) is 22.8 Å². The van der Waals surface area contributed by atoms with Gasteiger partial charge in [0.2, 0.25) is 11.7 Å². The standard InChI is InChI=1S/C14H25N3O2/c1-10-6-5-7-14(8-10,18-4)12-16-11(19-17-12)9-13(2,3)15/h10H,5-9,15H2,1-4H3. The molecule has 5 nitrogen and oxygen atoms in total. The molecule has 108 valence electrons.